The Morgan fingerprint density at radius 2 is 0.444 bits per heavy atom. The van der Waals surface area contributed by atoms with E-state index in [1.807, 2.05) is 23.5 Å². The van der Waals surface area contributed by atoms with Crippen LogP contribution in [0.5, 0.6) is 0 Å². The predicted octanol–water partition coefficient (Wildman–Crippen LogP) is 30.9. The Labute approximate surface area is 719 Å². The maximum absolute atomic E-state index is 5.30. The van der Waals surface area contributed by atoms with E-state index in [9.17, 15) is 0 Å². The van der Waals surface area contributed by atoms with E-state index in [4.69, 9.17) is 29.9 Å². The lowest BCUT2D eigenvalue weighted by molar-refractivity contribution is 1.07. The number of hydrogen-bond acceptors (Lipinski definition) is 8. The summed E-state index contributed by atoms with van der Waals surface area (Å²) < 4.78 is 9.74. The van der Waals surface area contributed by atoms with Gasteiger partial charge in [0, 0.05) is 107 Å². The Balaban J connectivity index is 0.000000136. The molecule has 8 nitrogen and oxygen atoms in total. The van der Waals surface area contributed by atoms with Crippen molar-refractivity contribution in [3.8, 4) is 102 Å². The molecule has 26 rings (SSSR count). The van der Waals surface area contributed by atoms with Gasteiger partial charge in [-0.15, -0.1) is 22.7 Å². The minimum atomic E-state index is 0.634. The summed E-state index contributed by atoms with van der Waals surface area (Å²) in [4.78, 5) is 31.4. The first kappa shape index (κ1) is 71.0. The van der Waals surface area contributed by atoms with Crippen molar-refractivity contribution >= 4 is 171 Å². The number of rotatable bonds is 10. The summed E-state index contributed by atoms with van der Waals surface area (Å²) in [7, 11) is 0. The van der Waals surface area contributed by atoms with Gasteiger partial charge in [-0.3, -0.25) is 0 Å². The lowest BCUT2D eigenvalue weighted by Crippen LogP contribution is -2.00. The van der Waals surface area contributed by atoms with Crippen LogP contribution in [-0.2, 0) is 0 Å². The van der Waals surface area contributed by atoms with Gasteiger partial charge >= 0.3 is 0 Å². The van der Waals surface area contributed by atoms with E-state index in [1.165, 1.54) is 127 Å². The highest BCUT2D eigenvalue weighted by Crippen LogP contribution is 2.46. The topological polar surface area (TPSA) is 87.2 Å². The fraction of sp³-hybridized carbons (Fsp3) is 0. The molecule has 26 aromatic rings. The quantitative estimate of drug-likeness (QED) is 0.127. The van der Waals surface area contributed by atoms with Gasteiger partial charge in [-0.25, -0.2) is 29.9 Å². The van der Waals surface area contributed by atoms with Crippen LogP contribution >= 0.6 is 22.7 Å². The maximum atomic E-state index is 5.30. The van der Waals surface area contributed by atoms with Crippen LogP contribution in [0, 0.1) is 0 Å². The highest BCUT2D eigenvalue weighted by Gasteiger charge is 2.24. The van der Waals surface area contributed by atoms with E-state index in [-0.39, 0.29) is 0 Å². The van der Waals surface area contributed by atoms with Gasteiger partial charge < -0.3 is 9.13 Å². The summed E-state index contributed by atoms with van der Waals surface area (Å²) in [6, 6.07) is 148. The average molecular weight is 1610 g/mol. The van der Waals surface area contributed by atoms with Gasteiger partial charge in [0.1, 0.15) is 0 Å². The Kier molecular flexibility index (Phi) is 16.5. The highest BCUT2D eigenvalue weighted by atomic mass is 32.1. The lowest BCUT2D eigenvalue weighted by Gasteiger charge is -2.14. The smallest absolute Gasteiger partial charge is 0.165 e. The molecule has 20 aromatic carbocycles. The van der Waals surface area contributed by atoms with Crippen LogP contribution in [0.15, 0.2) is 413 Å². The number of aromatic nitrogens is 8. The number of nitrogens with zero attached hydrogens (tertiary/aromatic N) is 8. The summed E-state index contributed by atoms with van der Waals surface area (Å²) in [6.07, 6.45) is 0. The largest absolute Gasteiger partial charge is 0.309 e. The molecule has 0 N–H and O–H groups in total. The molecule has 6 aromatic heterocycles. The summed E-state index contributed by atoms with van der Waals surface area (Å²) in [5.74, 6) is 3.85. The van der Waals surface area contributed by atoms with Crippen molar-refractivity contribution in [1.29, 1.82) is 0 Å². The number of benzene rings is 20. The number of fused-ring (bicyclic) bond motifs is 24. The first-order valence-electron chi connectivity index (χ1n) is 41.9. The molecule has 0 bridgehead atoms. The maximum Gasteiger partial charge on any atom is 0.165 e. The van der Waals surface area contributed by atoms with Crippen LogP contribution in [0.25, 0.3) is 251 Å². The predicted molar refractivity (Wildman–Crippen MR) is 523 cm³/mol. The zero-order valence-electron chi connectivity index (χ0n) is 66.7. The molecule has 0 aliphatic carbocycles. The van der Waals surface area contributed by atoms with Gasteiger partial charge in [-0.05, 0) is 196 Å². The molecule has 0 fully saturated rings. The molecule has 10 heteroatoms. The van der Waals surface area contributed by atoms with Crippen molar-refractivity contribution in [3.05, 3.63) is 413 Å². The van der Waals surface area contributed by atoms with E-state index in [1.54, 1.807) is 11.3 Å². The fourth-order valence-corrected chi connectivity index (χ4v) is 21.3. The molecular formula is C114H68N8S2. The SMILES string of the molecule is c1ccc(-c2ccc(-c3nc(-c4ccc5c(c4)c4ccccc4n5-c4ccc5c6ccccc6c6ccccc6c5c4)nc(-c4cccc5c4sc4ccccc45)n3)cc2)cc1.c1ccc(-c2ccc(-c3nc(-c4ccc5sc6ccccc6c5c4)nc(-c4ccc5c(c4)c4ccccc4n5-c4ccc5c6ccccc6c6ccccc6c5c4)n3)cc2)cc1. The molecule has 0 unspecified atom stereocenters. The van der Waals surface area contributed by atoms with Crippen molar-refractivity contribution < 1.29 is 0 Å². The van der Waals surface area contributed by atoms with E-state index in [2.05, 4.69) is 410 Å². The van der Waals surface area contributed by atoms with Gasteiger partial charge in [0.25, 0.3) is 0 Å². The molecule has 124 heavy (non-hydrogen) atoms. The Morgan fingerprint density at radius 3 is 0.887 bits per heavy atom. The zero-order valence-corrected chi connectivity index (χ0v) is 68.3. The third-order valence-electron chi connectivity index (χ3n) is 24.9. The van der Waals surface area contributed by atoms with Crippen molar-refractivity contribution in [2.75, 3.05) is 0 Å². The van der Waals surface area contributed by atoms with E-state index >= 15 is 0 Å². The van der Waals surface area contributed by atoms with Crippen LogP contribution in [-0.4, -0.2) is 39.0 Å². The molecular weight excluding hydrogens is 1550 g/mol. The van der Waals surface area contributed by atoms with Crippen LogP contribution in [0.3, 0.4) is 0 Å². The number of thiophene rings is 2. The first-order valence-corrected chi connectivity index (χ1v) is 43.5. The molecule has 0 saturated heterocycles. The third kappa shape index (κ3) is 11.8. The summed E-state index contributed by atoms with van der Waals surface area (Å²) in [6.45, 7) is 0. The lowest BCUT2D eigenvalue weighted by atomic mass is 9.94. The second kappa shape index (κ2) is 28.9. The zero-order chi connectivity index (χ0) is 81.5. The monoisotopic (exact) mass is 1610 g/mol. The van der Waals surface area contributed by atoms with Crippen LogP contribution in [0.1, 0.15) is 0 Å². The van der Waals surface area contributed by atoms with Gasteiger partial charge in [0.05, 0.1) is 22.1 Å². The average Bonchev–Trinajstić information content (AvgIpc) is 1.64. The first-order chi connectivity index (χ1) is 61.4. The van der Waals surface area contributed by atoms with Crippen LogP contribution in [0.2, 0.25) is 0 Å². The summed E-state index contributed by atoms with van der Waals surface area (Å²) in [5.41, 5.74) is 17.1. The molecule has 0 spiro atoms. The molecule has 0 atom stereocenters. The minimum absolute atomic E-state index is 0.634. The second-order valence-electron chi connectivity index (χ2n) is 31.9. The third-order valence-corrected chi connectivity index (χ3v) is 27.3. The standard InChI is InChI=1S/2C57H34N4S/c1-2-13-35(14-3-1)36-25-27-37(28-26-36)55-58-56(60-57(59-55)48-22-12-21-47-46-20-9-11-24-53(46)62-54(47)48)38-29-32-52-50(33-38)45-19-8-10-23-51(45)61(52)39-30-31-44-42-17-5-4-15-40(42)41-16-6-7-18-43(41)49(44)34-39;1-2-12-35(13-3-1)36-22-24-37(25-23-36)55-58-56(60-57(59-55)39-27-31-54-50(33-39)47-19-9-11-21-53(47)62-54)38-26-30-52-49(32-38)46-18-8-10-20-51(46)61(52)40-28-29-45-43-16-5-4-14-41(43)42-15-6-7-17-44(42)48(45)34-40/h2*1-34H. The molecule has 0 aliphatic heterocycles. The van der Waals surface area contributed by atoms with Gasteiger partial charge in [-0.1, -0.05) is 303 Å². The van der Waals surface area contributed by atoms with Crippen LogP contribution < -0.4 is 0 Å². The number of hydrogen-bond donors (Lipinski definition) is 0. The van der Waals surface area contributed by atoms with E-state index in [0.29, 0.717) is 34.9 Å². The van der Waals surface area contributed by atoms with Crippen molar-refractivity contribution in [2.45, 2.75) is 0 Å². The number of para-hydroxylation sites is 2. The van der Waals surface area contributed by atoms with Crippen molar-refractivity contribution in [3.63, 3.8) is 0 Å². The van der Waals surface area contributed by atoms with Gasteiger partial charge in [-0.2, -0.15) is 0 Å². The molecule has 576 valence electrons. The molecule has 0 amide bonds. The highest BCUT2D eigenvalue weighted by molar-refractivity contribution is 7.26. The van der Waals surface area contributed by atoms with Crippen molar-refractivity contribution in [2.24, 2.45) is 0 Å². The molecule has 0 radical (unpaired) electrons. The van der Waals surface area contributed by atoms with E-state index in [0.717, 1.165) is 88.7 Å². The fourth-order valence-electron chi connectivity index (χ4n) is 19.0. The normalized spacial score (nSPS) is 11.9. The molecule has 6 heterocycles. The second-order valence-corrected chi connectivity index (χ2v) is 34.0. The van der Waals surface area contributed by atoms with Gasteiger partial charge in [0.2, 0.25) is 0 Å². The van der Waals surface area contributed by atoms with Crippen LogP contribution in [0.4, 0.5) is 0 Å². The minimum Gasteiger partial charge on any atom is -0.309 e. The molecule has 0 saturated carbocycles. The van der Waals surface area contributed by atoms with Crippen molar-refractivity contribution in [1.82, 2.24) is 39.0 Å². The Hall–Kier alpha value is -16.0. The molecule has 0 aliphatic rings. The summed E-state index contributed by atoms with van der Waals surface area (Å²) in [5, 5.41) is 24.7. The Bertz CT molecular complexity index is 8790. The summed E-state index contributed by atoms with van der Waals surface area (Å²) >= 11 is 3.60. The Morgan fingerprint density at radius 1 is 0.153 bits per heavy atom. The van der Waals surface area contributed by atoms with E-state index < -0.39 is 0 Å². The van der Waals surface area contributed by atoms with Gasteiger partial charge in [0.15, 0.2) is 34.9 Å².